The smallest absolute Gasteiger partial charge is 0.240 e. The Balaban J connectivity index is 1.46. The fraction of sp³-hybridized carbons (Fsp3) is 0.529. The molecule has 0 saturated heterocycles. The van der Waals surface area contributed by atoms with Crippen molar-refractivity contribution in [2.75, 3.05) is 19.9 Å². The van der Waals surface area contributed by atoms with Crippen LogP contribution in [0.25, 0.3) is 0 Å². The Kier molecular flexibility index (Phi) is 4.56. The van der Waals surface area contributed by atoms with E-state index in [0.717, 1.165) is 19.3 Å². The van der Waals surface area contributed by atoms with Gasteiger partial charge in [-0.2, -0.15) is 5.26 Å². The van der Waals surface area contributed by atoms with Crippen LogP contribution in [0.5, 0.6) is 17.2 Å². The Hall–Kier alpha value is -2.42. The van der Waals surface area contributed by atoms with Crippen LogP contribution >= 0.6 is 0 Å². The third-order valence-electron chi connectivity index (χ3n) is 4.36. The van der Waals surface area contributed by atoms with Crippen molar-refractivity contribution in [2.24, 2.45) is 5.41 Å². The molecule has 0 spiro atoms. The minimum atomic E-state index is -0.850. The zero-order valence-corrected chi connectivity index (χ0v) is 13.0. The van der Waals surface area contributed by atoms with Crippen LogP contribution in [0.4, 0.5) is 0 Å². The van der Waals surface area contributed by atoms with Gasteiger partial charge >= 0.3 is 0 Å². The topological polar surface area (TPSA) is 80.6 Å². The van der Waals surface area contributed by atoms with Crippen LogP contribution < -0.4 is 19.5 Å². The number of carbonyl (C=O) groups excluding carboxylic acids is 1. The van der Waals surface area contributed by atoms with Gasteiger partial charge < -0.3 is 19.5 Å². The molecule has 2 aliphatic rings. The Morgan fingerprint density at radius 3 is 2.83 bits per heavy atom. The van der Waals surface area contributed by atoms with E-state index in [1.807, 2.05) is 0 Å². The molecule has 1 aliphatic heterocycles. The average Bonchev–Trinajstić information content (AvgIpc) is 3.06. The van der Waals surface area contributed by atoms with Gasteiger partial charge in [0, 0.05) is 6.07 Å². The lowest BCUT2D eigenvalue weighted by atomic mass is 9.74. The summed E-state index contributed by atoms with van der Waals surface area (Å²) in [7, 11) is 0. The molecule has 0 unspecified atom stereocenters. The Labute approximate surface area is 135 Å². The van der Waals surface area contributed by atoms with E-state index in [2.05, 4.69) is 11.4 Å². The fourth-order valence-electron chi connectivity index (χ4n) is 3.01. The largest absolute Gasteiger partial charge is 0.492 e. The van der Waals surface area contributed by atoms with Crippen LogP contribution in [-0.4, -0.2) is 25.9 Å². The first-order valence-corrected chi connectivity index (χ1v) is 7.95. The number of hydrogen-bond donors (Lipinski definition) is 1. The number of hydrogen-bond acceptors (Lipinski definition) is 5. The zero-order chi connectivity index (χ0) is 16.1. The maximum absolute atomic E-state index is 12.3. The molecule has 0 aromatic heterocycles. The fourth-order valence-corrected chi connectivity index (χ4v) is 3.01. The Bertz CT molecular complexity index is 618. The van der Waals surface area contributed by atoms with Gasteiger partial charge in [0.1, 0.15) is 17.8 Å². The lowest BCUT2D eigenvalue weighted by molar-refractivity contribution is -0.129. The summed E-state index contributed by atoms with van der Waals surface area (Å²) in [5.41, 5.74) is -0.850. The van der Waals surface area contributed by atoms with Crippen molar-refractivity contribution in [3.05, 3.63) is 18.2 Å². The highest BCUT2D eigenvalue weighted by molar-refractivity contribution is 5.85. The summed E-state index contributed by atoms with van der Waals surface area (Å²) >= 11 is 0. The quantitative estimate of drug-likeness (QED) is 0.844. The summed E-state index contributed by atoms with van der Waals surface area (Å²) in [5, 5.41) is 12.2. The van der Waals surface area contributed by atoms with E-state index in [9.17, 15) is 10.1 Å². The third-order valence-corrected chi connectivity index (χ3v) is 4.36. The van der Waals surface area contributed by atoms with Gasteiger partial charge in [0.15, 0.2) is 11.5 Å². The molecule has 6 heteroatoms. The summed E-state index contributed by atoms with van der Waals surface area (Å²) in [6.45, 7) is 0.939. The number of ether oxygens (including phenoxy) is 3. The minimum absolute atomic E-state index is 0.172. The van der Waals surface area contributed by atoms with Crippen molar-refractivity contribution in [3.8, 4) is 23.3 Å². The molecule has 1 aromatic rings. The van der Waals surface area contributed by atoms with Crippen LogP contribution in [0.15, 0.2) is 18.2 Å². The number of nitriles is 1. The van der Waals surface area contributed by atoms with Crippen LogP contribution in [0.1, 0.15) is 32.1 Å². The van der Waals surface area contributed by atoms with E-state index >= 15 is 0 Å². The minimum Gasteiger partial charge on any atom is -0.492 e. The van der Waals surface area contributed by atoms with Gasteiger partial charge in [0.2, 0.25) is 12.7 Å². The highest BCUT2D eigenvalue weighted by Gasteiger charge is 2.39. The maximum Gasteiger partial charge on any atom is 0.240 e. The molecule has 6 nitrogen and oxygen atoms in total. The SMILES string of the molecule is N#CC1(C(=O)NCCOc2ccc3c(c2)OCO3)CCCCC1. The summed E-state index contributed by atoms with van der Waals surface area (Å²) < 4.78 is 16.1. The van der Waals surface area contributed by atoms with E-state index in [4.69, 9.17) is 14.2 Å². The first kappa shape index (κ1) is 15.5. The number of nitrogens with one attached hydrogen (secondary N) is 1. The highest BCUT2D eigenvalue weighted by atomic mass is 16.7. The number of amides is 1. The van der Waals surface area contributed by atoms with E-state index in [1.54, 1.807) is 18.2 Å². The van der Waals surface area contributed by atoms with Crippen LogP contribution in [0, 0.1) is 16.7 Å². The molecule has 0 atom stereocenters. The number of benzene rings is 1. The van der Waals surface area contributed by atoms with Crippen LogP contribution in [0.3, 0.4) is 0 Å². The van der Waals surface area contributed by atoms with Gasteiger partial charge in [-0.1, -0.05) is 19.3 Å². The van der Waals surface area contributed by atoms with Gasteiger partial charge in [0.25, 0.3) is 0 Å². The molecule has 1 N–H and O–H groups in total. The molecule has 1 heterocycles. The predicted octanol–water partition coefficient (Wildman–Crippen LogP) is 2.38. The standard InChI is InChI=1S/C17H20N2O4/c18-11-17(6-2-1-3-7-17)16(20)19-8-9-21-13-4-5-14-15(10-13)23-12-22-14/h4-5,10H,1-3,6-9,12H2,(H,19,20). The summed E-state index contributed by atoms with van der Waals surface area (Å²) in [6.07, 6.45) is 4.28. The summed E-state index contributed by atoms with van der Waals surface area (Å²) in [5.74, 6) is 1.86. The van der Waals surface area contributed by atoms with E-state index in [-0.39, 0.29) is 12.7 Å². The average molecular weight is 316 g/mol. The lowest BCUT2D eigenvalue weighted by Gasteiger charge is -2.29. The van der Waals surface area contributed by atoms with E-state index < -0.39 is 5.41 Å². The Morgan fingerprint density at radius 1 is 1.26 bits per heavy atom. The predicted molar refractivity (Wildman–Crippen MR) is 82.2 cm³/mol. The molecule has 1 aromatic carbocycles. The molecule has 0 bridgehead atoms. The second-order valence-electron chi connectivity index (χ2n) is 5.87. The molecule has 1 amide bonds. The summed E-state index contributed by atoms with van der Waals surface area (Å²) in [4.78, 5) is 12.3. The van der Waals surface area contributed by atoms with Gasteiger partial charge in [-0.15, -0.1) is 0 Å². The third kappa shape index (κ3) is 3.34. The summed E-state index contributed by atoms with van der Waals surface area (Å²) in [6, 6.07) is 7.58. The van der Waals surface area contributed by atoms with Crippen molar-refractivity contribution in [3.63, 3.8) is 0 Å². The number of fused-ring (bicyclic) bond motifs is 1. The molecular weight excluding hydrogens is 296 g/mol. The van der Waals surface area contributed by atoms with Gasteiger partial charge in [-0.05, 0) is 25.0 Å². The van der Waals surface area contributed by atoms with Crippen molar-refractivity contribution in [1.82, 2.24) is 5.32 Å². The van der Waals surface area contributed by atoms with Crippen molar-refractivity contribution in [2.45, 2.75) is 32.1 Å². The maximum atomic E-state index is 12.3. The molecule has 1 aliphatic carbocycles. The monoisotopic (exact) mass is 316 g/mol. The van der Waals surface area contributed by atoms with Crippen LogP contribution in [-0.2, 0) is 4.79 Å². The van der Waals surface area contributed by atoms with E-state index in [1.165, 1.54) is 0 Å². The first-order valence-electron chi connectivity index (χ1n) is 7.95. The van der Waals surface area contributed by atoms with Crippen molar-refractivity contribution in [1.29, 1.82) is 5.26 Å². The van der Waals surface area contributed by atoms with Crippen LogP contribution in [0.2, 0.25) is 0 Å². The van der Waals surface area contributed by atoms with Crippen molar-refractivity contribution < 1.29 is 19.0 Å². The number of nitrogens with zero attached hydrogens (tertiary/aromatic N) is 1. The van der Waals surface area contributed by atoms with Gasteiger partial charge in [-0.3, -0.25) is 4.79 Å². The molecule has 1 fully saturated rings. The van der Waals surface area contributed by atoms with Crippen molar-refractivity contribution >= 4 is 5.91 Å². The Morgan fingerprint density at radius 2 is 2.04 bits per heavy atom. The van der Waals surface area contributed by atoms with Gasteiger partial charge in [0.05, 0.1) is 12.6 Å². The first-order chi connectivity index (χ1) is 11.2. The number of carbonyl (C=O) groups is 1. The second kappa shape index (κ2) is 6.78. The highest BCUT2D eigenvalue weighted by Crippen LogP contribution is 2.36. The normalized spacial score (nSPS) is 18.0. The molecule has 23 heavy (non-hydrogen) atoms. The molecule has 122 valence electrons. The molecular formula is C17H20N2O4. The van der Waals surface area contributed by atoms with E-state index in [0.29, 0.717) is 43.2 Å². The number of rotatable bonds is 5. The van der Waals surface area contributed by atoms with Gasteiger partial charge in [-0.25, -0.2) is 0 Å². The zero-order valence-electron chi connectivity index (χ0n) is 13.0. The molecule has 1 saturated carbocycles. The second-order valence-corrected chi connectivity index (χ2v) is 5.87. The lowest BCUT2D eigenvalue weighted by Crippen LogP contribution is -2.42. The molecule has 3 rings (SSSR count). The molecule has 0 radical (unpaired) electrons.